The number of para-hydroxylation sites is 2. The molecule has 234 valence electrons. The predicted molar refractivity (Wildman–Crippen MR) is 201 cm³/mol. The number of hydrogen-bond donors (Lipinski definition) is 0. The minimum Gasteiger partial charge on any atom is -0.455 e. The van der Waals surface area contributed by atoms with E-state index in [0.29, 0.717) is 17.5 Å². The molecule has 4 aromatic heterocycles. The summed E-state index contributed by atoms with van der Waals surface area (Å²) in [5.74, 6) is 1.77. The smallest absolute Gasteiger partial charge is 0.164 e. The van der Waals surface area contributed by atoms with Crippen LogP contribution in [0, 0.1) is 0 Å². The SMILES string of the molecule is c1ccc(-c2nc(-c3ccccc3)nc(-c3cc4oc5c(ccc6c5c5ccccc5n6-c5ccccc5)c4cc3-c3cccnc3)n2)cc1. The third kappa shape index (κ3) is 4.50. The first-order chi connectivity index (χ1) is 24.8. The molecule has 50 heavy (non-hydrogen) atoms. The van der Waals surface area contributed by atoms with Crippen LogP contribution in [-0.2, 0) is 0 Å². The monoisotopic (exact) mass is 641 g/mol. The quantitative estimate of drug-likeness (QED) is 0.187. The normalized spacial score (nSPS) is 11.6. The van der Waals surface area contributed by atoms with Gasteiger partial charge in [-0.25, -0.2) is 15.0 Å². The highest BCUT2D eigenvalue weighted by Gasteiger charge is 2.22. The van der Waals surface area contributed by atoms with Crippen molar-refractivity contribution in [2.45, 2.75) is 0 Å². The summed E-state index contributed by atoms with van der Waals surface area (Å²) < 4.78 is 9.22. The number of nitrogens with zero attached hydrogens (tertiary/aromatic N) is 5. The predicted octanol–water partition coefficient (Wildman–Crippen LogP) is 10.9. The van der Waals surface area contributed by atoms with Crippen molar-refractivity contribution in [1.82, 2.24) is 24.5 Å². The van der Waals surface area contributed by atoms with E-state index in [2.05, 4.69) is 88.4 Å². The fourth-order valence-electron chi connectivity index (χ4n) is 7.06. The molecule has 0 bridgehead atoms. The average molecular weight is 642 g/mol. The molecule has 0 spiro atoms. The van der Waals surface area contributed by atoms with Gasteiger partial charge in [0.25, 0.3) is 0 Å². The molecule has 6 nitrogen and oxygen atoms in total. The van der Waals surface area contributed by atoms with Gasteiger partial charge in [-0.3, -0.25) is 4.98 Å². The van der Waals surface area contributed by atoms with Crippen molar-refractivity contribution in [1.29, 1.82) is 0 Å². The first kappa shape index (κ1) is 28.1. The van der Waals surface area contributed by atoms with Gasteiger partial charge in [0.2, 0.25) is 0 Å². The van der Waals surface area contributed by atoms with E-state index in [4.69, 9.17) is 19.4 Å². The maximum absolute atomic E-state index is 6.91. The molecule has 0 unspecified atom stereocenters. The summed E-state index contributed by atoms with van der Waals surface area (Å²) in [5, 5.41) is 4.29. The standard InChI is InChI=1S/C44H27N5O/c1-4-13-28(14-5-1)42-46-43(29-15-6-2-7-16-29)48-44(47-42)36-26-39-35(25-34(36)30-17-12-24-45-27-30)32-22-23-38-40(41(32)50-39)33-20-10-11-21-37(33)49(38)31-18-8-3-9-19-31/h1-27H. The third-order valence-electron chi connectivity index (χ3n) is 9.34. The minimum atomic E-state index is 0.560. The Morgan fingerprint density at radius 3 is 1.80 bits per heavy atom. The van der Waals surface area contributed by atoms with Gasteiger partial charge < -0.3 is 8.98 Å². The first-order valence-electron chi connectivity index (χ1n) is 16.6. The van der Waals surface area contributed by atoms with Crippen molar-refractivity contribution in [2.75, 3.05) is 0 Å². The Morgan fingerprint density at radius 2 is 1.10 bits per heavy atom. The van der Waals surface area contributed by atoms with Crippen LogP contribution in [0.4, 0.5) is 0 Å². The van der Waals surface area contributed by atoms with Crippen LogP contribution >= 0.6 is 0 Å². The lowest BCUT2D eigenvalue weighted by Gasteiger charge is -2.12. The van der Waals surface area contributed by atoms with E-state index in [9.17, 15) is 0 Å². The van der Waals surface area contributed by atoms with Gasteiger partial charge in [0.1, 0.15) is 11.2 Å². The zero-order valence-electron chi connectivity index (χ0n) is 26.7. The van der Waals surface area contributed by atoms with E-state index in [1.165, 1.54) is 0 Å². The highest BCUT2D eigenvalue weighted by atomic mass is 16.3. The molecule has 0 saturated heterocycles. The van der Waals surface area contributed by atoms with Gasteiger partial charge in [-0.2, -0.15) is 0 Å². The van der Waals surface area contributed by atoms with Crippen molar-refractivity contribution in [3.63, 3.8) is 0 Å². The van der Waals surface area contributed by atoms with Gasteiger partial charge in [-0.15, -0.1) is 0 Å². The lowest BCUT2D eigenvalue weighted by molar-refractivity contribution is 0.673. The average Bonchev–Trinajstić information content (AvgIpc) is 3.74. The Balaban J connectivity index is 1.28. The minimum absolute atomic E-state index is 0.560. The number of rotatable bonds is 5. The summed E-state index contributed by atoms with van der Waals surface area (Å²) in [6, 6.07) is 51.8. The second-order valence-corrected chi connectivity index (χ2v) is 12.3. The van der Waals surface area contributed by atoms with E-state index >= 15 is 0 Å². The molecule has 10 aromatic rings. The molecular formula is C44H27N5O. The maximum Gasteiger partial charge on any atom is 0.164 e. The van der Waals surface area contributed by atoms with E-state index in [0.717, 1.165) is 77.2 Å². The van der Waals surface area contributed by atoms with Crippen LogP contribution in [0.25, 0.3) is 94.7 Å². The summed E-state index contributed by atoms with van der Waals surface area (Å²) in [6.07, 6.45) is 3.67. The van der Waals surface area contributed by atoms with Crippen LogP contribution in [0.15, 0.2) is 168 Å². The fraction of sp³-hybridized carbons (Fsp3) is 0. The van der Waals surface area contributed by atoms with Gasteiger partial charge in [-0.05, 0) is 54.1 Å². The number of benzene rings is 6. The summed E-state index contributed by atoms with van der Waals surface area (Å²) in [4.78, 5) is 19.6. The number of fused-ring (bicyclic) bond motifs is 7. The molecule has 0 fully saturated rings. The maximum atomic E-state index is 6.91. The third-order valence-corrected chi connectivity index (χ3v) is 9.34. The summed E-state index contributed by atoms with van der Waals surface area (Å²) in [7, 11) is 0. The lowest BCUT2D eigenvalue weighted by atomic mass is 9.97. The Morgan fingerprint density at radius 1 is 0.460 bits per heavy atom. The van der Waals surface area contributed by atoms with Crippen LogP contribution in [0.5, 0.6) is 0 Å². The van der Waals surface area contributed by atoms with E-state index in [1.807, 2.05) is 79.0 Å². The number of hydrogen-bond acceptors (Lipinski definition) is 5. The molecule has 0 atom stereocenters. The second-order valence-electron chi connectivity index (χ2n) is 12.3. The largest absolute Gasteiger partial charge is 0.455 e. The van der Waals surface area contributed by atoms with Gasteiger partial charge in [0.15, 0.2) is 17.5 Å². The first-order valence-corrected chi connectivity index (χ1v) is 16.6. The van der Waals surface area contributed by atoms with E-state index < -0.39 is 0 Å². The zero-order chi connectivity index (χ0) is 33.0. The molecule has 10 rings (SSSR count). The van der Waals surface area contributed by atoms with Crippen LogP contribution < -0.4 is 0 Å². The molecule has 0 aliphatic heterocycles. The van der Waals surface area contributed by atoms with Crippen LogP contribution in [0.2, 0.25) is 0 Å². The molecule has 0 aliphatic carbocycles. The lowest BCUT2D eigenvalue weighted by Crippen LogP contribution is -2.01. The molecule has 0 amide bonds. The molecule has 6 aromatic carbocycles. The highest BCUT2D eigenvalue weighted by Crippen LogP contribution is 2.43. The van der Waals surface area contributed by atoms with Crippen molar-refractivity contribution < 1.29 is 4.42 Å². The topological polar surface area (TPSA) is 69.6 Å². The Kier molecular flexibility index (Phi) is 6.39. The second kappa shape index (κ2) is 11.4. The van der Waals surface area contributed by atoms with Crippen LogP contribution in [-0.4, -0.2) is 24.5 Å². The Labute approximate surface area is 287 Å². The van der Waals surface area contributed by atoms with Gasteiger partial charge in [0.05, 0.1) is 16.4 Å². The Hall–Kier alpha value is -6.92. The van der Waals surface area contributed by atoms with Crippen molar-refractivity contribution in [3.8, 4) is 51.0 Å². The van der Waals surface area contributed by atoms with Crippen molar-refractivity contribution in [3.05, 3.63) is 164 Å². The fourth-order valence-corrected chi connectivity index (χ4v) is 7.06. The number of aromatic nitrogens is 5. The molecule has 6 heteroatoms. The van der Waals surface area contributed by atoms with Crippen LogP contribution in [0.3, 0.4) is 0 Å². The van der Waals surface area contributed by atoms with Crippen LogP contribution in [0.1, 0.15) is 0 Å². The molecule has 0 aliphatic rings. The summed E-state index contributed by atoms with van der Waals surface area (Å²) in [6.45, 7) is 0. The van der Waals surface area contributed by atoms with Crippen molar-refractivity contribution in [2.24, 2.45) is 0 Å². The molecule has 0 radical (unpaired) electrons. The van der Waals surface area contributed by atoms with Crippen molar-refractivity contribution >= 4 is 43.7 Å². The molecule has 0 saturated carbocycles. The van der Waals surface area contributed by atoms with Gasteiger partial charge in [0, 0.05) is 56.5 Å². The zero-order valence-corrected chi connectivity index (χ0v) is 26.7. The number of pyridine rings is 1. The molecule has 4 heterocycles. The van der Waals surface area contributed by atoms with Gasteiger partial charge >= 0.3 is 0 Å². The molecule has 0 N–H and O–H groups in total. The molecular weight excluding hydrogens is 615 g/mol. The number of furan rings is 1. The highest BCUT2D eigenvalue weighted by molar-refractivity contribution is 6.24. The summed E-state index contributed by atoms with van der Waals surface area (Å²) in [5.41, 5.74) is 9.53. The summed E-state index contributed by atoms with van der Waals surface area (Å²) >= 11 is 0. The Bertz CT molecular complexity index is 2790. The van der Waals surface area contributed by atoms with Gasteiger partial charge in [-0.1, -0.05) is 103 Å². The van der Waals surface area contributed by atoms with E-state index in [-0.39, 0.29) is 0 Å². The van der Waals surface area contributed by atoms with E-state index in [1.54, 1.807) is 6.20 Å².